The first-order chi connectivity index (χ1) is 14.8. The lowest BCUT2D eigenvalue weighted by molar-refractivity contribution is -0.131. The van der Waals surface area contributed by atoms with Crippen LogP contribution in [0, 0.1) is 11.3 Å². The van der Waals surface area contributed by atoms with E-state index in [2.05, 4.69) is 22.5 Å². The SMILES string of the molecule is C=CS(=O)(=O)C(=O)[C@H](CCSC)NC(=O)[C@H](CCCNC(=N)N)NC(=O)[C@@H](N)CC(C)C. The molecule has 0 heterocycles. The van der Waals surface area contributed by atoms with Crippen LogP contribution in [0.25, 0.3) is 0 Å². The van der Waals surface area contributed by atoms with Crippen LogP contribution in [0.4, 0.5) is 0 Å². The maximum atomic E-state index is 12.9. The van der Waals surface area contributed by atoms with Crippen LogP contribution < -0.4 is 27.4 Å². The Labute approximate surface area is 194 Å². The fraction of sp³-hybridized carbons (Fsp3) is 0.684. The van der Waals surface area contributed by atoms with Gasteiger partial charge in [0.2, 0.25) is 21.7 Å². The maximum absolute atomic E-state index is 12.9. The van der Waals surface area contributed by atoms with E-state index in [-0.39, 0.29) is 31.3 Å². The van der Waals surface area contributed by atoms with Gasteiger partial charge in [0.1, 0.15) is 12.1 Å². The molecule has 0 radical (unpaired) electrons. The molecule has 0 bridgehead atoms. The van der Waals surface area contributed by atoms with Gasteiger partial charge in [0.25, 0.3) is 5.12 Å². The van der Waals surface area contributed by atoms with E-state index in [1.54, 1.807) is 6.26 Å². The lowest BCUT2D eigenvalue weighted by Crippen LogP contribution is -2.55. The number of rotatable bonds is 15. The normalized spacial score (nSPS) is 14.2. The van der Waals surface area contributed by atoms with Gasteiger partial charge in [0, 0.05) is 12.0 Å². The standard InChI is InChI=1S/C19H36N6O5S2/c1-5-32(29,30)18(28)15(8-10-31-4)25-17(27)14(7-6-9-23-19(21)22)24-16(26)13(20)11-12(2)3/h5,12-15H,1,6-11,20H2,2-4H3,(H,24,26)(H,25,27)(H4,21,22,23)/t13-,14-,15-/m0/s1. The highest BCUT2D eigenvalue weighted by atomic mass is 32.2. The molecule has 32 heavy (non-hydrogen) atoms. The molecule has 0 fully saturated rings. The van der Waals surface area contributed by atoms with Gasteiger partial charge in [0.05, 0.1) is 6.04 Å². The van der Waals surface area contributed by atoms with Gasteiger partial charge in [-0.3, -0.25) is 19.8 Å². The van der Waals surface area contributed by atoms with Crippen molar-refractivity contribution in [3.05, 3.63) is 12.0 Å². The zero-order chi connectivity index (χ0) is 24.9. The largest absolute Gasteiger partial charge is 0.370 e. The average molecular weight is 493 g/mol. The van der Waals surface area contributed by atoms with Crippen LogP contribution in [0.1, 0.15) is 39.5 Å². The molecule has 3 atom stereocenters. The highest BCUT2D eigenvalue weighted by Gasteiger charge is 2.32. The highest BCUT2D eigenvalue weighted by molar-refractivity contribution is 8.08. The van der Waals surface area contributed by atoms with Crippen molar-refractivity contribution in [1.82, 2.24) is 16.0 Å². The topological polar surface area (TPSA) is 197 Å². The van der Waals surface area contributed by atoms with E-state index < -0.39 is 44.9 Å². The number of thioether (sulfide) groups is 1. The quantitative estimate of drug-likeness (QED) is 0.0984. The van der Waals surface area contributed by atoms with Crippen molar-refractivity contribution < 1.29 is 22.8 Å². The zero-order valence-electron chi connectivity index (χ0n) is 18.8. The van der Waals surface area contributed by atoms with E-state index in [0.717, 1.165) is 0 Å². The second-order valence-electron chi connectivity index (χ2n) is 7.65. The summed E-state index contributed by atoms with van der Waals surface area (Å²) >= 11 is 1.39. The summed E-state index contributed by atoms with van der Waals surface area (Å²) in [4.78, 5) is 37.8. The second-order valence-corrected chi connectivity index (χ2v) is 10.5. The minimum Gasteiger partial charge on any atom is -0.370 e. The molecule has 8 N–H and O–H groups in total. The van der Waals surface area contributed by atoms with Crippen molar-refractivity contribution in [2.45, 2.75) is 57.7 Å². The third kappa shape index (κ3) is 11.5. The molecular formula is C19H36N6O5S2. The Morgan fingerprint density at radius 2 is 1.72 bits per heavy atom. The first-order valence-corrected chi connectivity index (χ1v) is 13.1. The Balaban J connectivity index is 5.49. The number of carbonyl (C=O) groups excluding carboxylic acids is 3. The van der Waals surface area contributed by atoms with Crippen LogP contribution in [0.5, 0.6) is 0 Å². The van der Waals surface area contributed by atoms with E-state index >= 15 is 0 Å². The van der Waals surface area contributed by atoms with Crippen LogP contribution in [0.3, 0.4) is 0 Å². The lowest BCUT2D eigenvalue weighted by Gasteiger charge is -2.24. The molecule has 13 heteroatoms. The van der Waals surface area contributed by atoms with Crippen molar-refractivity contribution in [3.63, 3.8) is 0 Å². The number of amides is 2. The molecule has 0 aliphatic rings. The number of nitrogens with one attached hydrogen (secondary N) is 4. The molecule has 0 aromatic rings. The van der Waals surface area contributed by atoms with E-state index in [1.807, 2.05) is 13.8 Å². The van der Waals surface area contributed by atoms with Crippen molar-refractivity contribution in [1.29, 1.82) is 5.41 Å². The Morgan fingerprint density at radius 1 is 1.12 bits per heavy atom. The smallest absolute Gasteiger partial charge is 0.272 e. The summed E-state index contributed by atoms with van der Waals surface area (Å²) in [5.41, 5.74) is 11.1. The summed E-state index contributed by atoms with van der Waals surface area (Å²) in [5, 5.41) is 14.2. The zero-order valence-corrected chi connectivity index (χ0v) is 20.5. The third-order valence-electron chi connectivity index (χ3n) is 4.39. The molecule has 0 saturated heterocycles. The van der Waals surface area contributed by atoms with Gasteiger partial charge in [-0.2, -0.15) is 11.8 Å². The van der Waals surface area contributed by atoms with Crippen LogP contribution in [0.15, 0.2) is 12.0 Å². The van der Waals surface area contributed by atoms with Gasteiger partial charge in [-0.05, 0) is 43.6 Å². The lowest BCUT2D eigenvalue weighted by atomic mass is 10.0. The number of sulfone groups is 1. The minimum atomic E-state index is -4.23. The molecule has 0 aromatic heterocycles. The molecule has 0 aliphatic heterocycles. The van der Waals surface area contributed by atoms with Gasteiger partial charge in [-0.15, -0.1) is 0 Å². The first kappa shape index (κ1) is 29.9. The Kier molecular flexibility index (Phi) is 13.9. The molecular weight excluding hydrogens is 456 g/mol. The number of nitrogens with two attached hydrogens (primary N) is 2. The summed E-state index contributed by atoms with van der Waals surface area (Å²) in [5.74, 6) is -0.852. The predicted molar refractivity (Wildman–Crippen MR) is 128 cm³/mol. The molecule has 184 valence electrons. The van der Waals surface area contributed by atoms with Crippen LogP contribution in [-0.2, 0) is 24.2 Å². The molecule has 0 unspecified atom stereocenters. The van der Waals surface area contributed by atoms with Gasteiger partial charge in [-0.25, -0.2) is 8.42 Å². The maximum Gasteiger partial charge on any atom is 0.272 e. The van der Waals surface area contributed by atoms with Crippen molar-refractivity contribution in [2.75, 3.05) is 18.6 Å². The summed E-state index contributed by atoms with van der Waals surface area (Å²) in [6, 6.07) is -3.15. The van der Waals surface area contributed by atoms with Crippen LogP contribution >= 0.6 is 11.8 Å². The van der Waals surface area contributed by atoms with E-state index in [1.165, 1.54) is 11.8 Å². The summed E-state index contributed by atoms with van der Waals surface area (Å²) in [6.07, 6.45) is 2.82. The molecule has 0 spiro atoms. The fourth-order valence-electron chi connectivity index (χ4n) is 2.73. The average Bonchev–Trinajstić information content (AvgIpc) is 2.71. The number of hydrogen-bond acceptors (Lipinski definition) is 8. The predicted octanol–water partition coefficient (Wildman–Crippen LogP) is -0.569. The summed E-state index contributed by atoms with van der Waals surface area (Å²) in [7, 11) is -4.23. The van der Waals surface area contributed by atoms with Gasteiger partial charge < -0.3 is 27.4 Å². The van der Waals surface area contributed by atoms with Crippen LogP contribution in [-0.4, -0.2) is 68.0 Å². The van der Waals surface area contributed by atoms with E-state index in [9.17, 15) is 22.8 Å². The Hall–Kier alpha value is -2.12. The van der Waals surface area contributed by atoms with Crippen molar-refractivity contribution in [3.8, 4) is 0 Å². The highest BCUT2D eigenvalue weighted by Crippen LogP contribution is 2.09. The number of hydrogen-bond donors (Lipinski definition) is 6. The van der Waals surface area contributed by atoms with Crippen molar-refractivity contribution >= 4 is 44.5 Å². The number of carbonyl (C=O) groups is 3. The van der Waals surface area contributed by atoms with E-state index in [4.69, 9.17) is 16.9 Å². The van der Waals surface area contributed by atoms with Gasteiger partial charge in [0.15, 0.2) is 5.96 Å². The first-order valence-electron chi connectivity index (χ1n) is 10.2. The Morgan fingerprint density at radius 3 is 2.22 bits per heavy atom. The summed E-state index contributed by atoms with van der Waals surface area (Å²) in [6.45, 7) is 7.25. The molecule has 0 rings (SSSR count). The second kappa shape index (κ2) is 14.9. The summed E-state index contributed by atoms with van der Waals surface area (Å²) < 4.78 is 23.9. The monoisotopic (exact) mass is 492 g/mol. The van der Waals surface area contributed by atoms with Gasteiger partial charge in [-0.1, -0.05) is 20.4 Å². The molecule has 0 aliphatic carbocycles. The molecule has 0 aromatic carbocycles. The fourth-order valence-corrected chi connectivity index (χ4v) is 3.94. The van der Waals surface area contributed by atoms with E-state index in [0.29, 0.717) is 24.0 Å². The third-order valence-corrected chi connectivity index (χ3v) is 6.32. The minimum absolute atomic E-state index is 0.0955. The molecule has 0 saturated carbocycles. The molecule has 11 nitrogen and oxygen atoms in total. The molecule has 2 amide bonds. The van der Waals surface area contributed by atoms with Crippen LogP contribution in [0.2, 0.25) is 0 Å². The Bertz CT molecular complexity index is 772. The van der Waals surface area contributed by atoms with Crippen molar-refractivity contribution in [2.24, 2.45) is 17.4 Å². The number of guanidine groups is 1. The van der Waals surface area contributed by atoms with Gasteiger partial charge >= 0.3 is 0 Å².